The maximum absolute atomic E-state index is 14.0. The number of amides is 3. The van der Waals surface area contributed by atoms with E-state index in [0.29, 0.717) is 38.8 Å². The first kappa shape index (κ1) is 33.5. The Morgan fingerprint density at radius 1 is 0.955 bits per heavy atom. The Balaban J connectivity index is 1.46. The second-order valence-corrected chi connectivity index (χ2v) is 12.5. The lowest BCUT2D eigenvalue weighted by atomic mass is 9.75. The van der Waals surface area contributed by atoms with Crippen molar-refractivity contribution in [2.24, 2.45) is 0 Å². The molecule has 44 heavy (non-hydrogen) atoms. The van der Waals surface area contributed by atoms with Crippen molar-refractivity contribution in [3.63, 3.8) is 0 Å². The number of methoxy groups -OCH3 is 1. The molecule has 2 aliphatic rings. The molecule has 3 amide bonds. The van der Waals surface area contributed by atoms with Crippen LogP contribution in [0.4, 0.5) is 4.79 Å². The van der Waals surface area contributed by atoms with Gasteiger partial charge in [-0.3, -0.25) is 9.59 Å². The van der Waals surface area contributed by atoms with E-state index >= 15 is 0 Å². The van der Waals surface area contributed by atoms with Crippen LogP contribution >= 0.6 is 0 Å². The molecule has 4 rings (SSSR count). The van der Waals surface area contributed by atoms with Crippen LogP contribution in [0.1, 0.15) is 64.5 Å². The van der Waals surface area contributed by atoms with Gasteiger partial charge in [0.25, 0.3) is 0 Å². The number of hydrogen-bond donors (Lipinski definition) is 2. The molecule has 2 aromatic rings. The van der Waals surface area contributed by atoms with Crippen molar-refractivity contribution < 1.29 is 33.2 Å². The number of nitrogens with zero attached hydrogens (tertiary/aromatic N) is 1. The van der Waals surface area contributed by atoms with Crippen LogP contribution in [0.2, 0.25) is 0 Å². The summed E-state index contributed by atoms with van der Waals surface area (Å²) in [4.78, 5) is 42.2. The molecule has 0 aromatic heterocycles. The number of benzene rings is 2. The fourth-order valence-corrected chi connectivity index (χ4v) is 5.52. The van der Waals surface area contributed by atoms with Crippen LogP contribution in [0, 0.1) is 0 Å². The lowest BCUT2D eigenvalue weighted by Gasteiger charge is -2.32. The summed E-state index contributed by atoms with van der Waals surface area (Å²) in [7, 11) is 1.00. The van der Waals surface area contributed by atoms with Crippen molar-refractivity contribution >= 4 is 25.0 Å². The fourth-order valence-electron chi connectivity index (χ4n) is 5.52. The molecule has 2 saturated heterocycles. The van der Waals surface area contributed by atoms with Gasteiger partial charge < -0.3 is 34.3 Å². The number of nitrogens with one attached hydrogen (secondary N) is 2. The smallest absolute Gasteiger partial charge is 0.445 e. The van der Waals surface area contributed by atoms with Crippen molar-refractivity contribution in [3.8, 4) is 0 Å². The highest BCUT2D eigenvalue weighted by molar-refractivity contribution is 6.48. The van der Waals surface area contributed by atoms with Gasteiger partial charge in [-0.25, -0.2) is 4.79 Å². The zero-order valence-corrected chi connectivity index (χ0v) is 26.5. The molecule has 10 nitrogen and oxygen atoms in total. The van der Waals surface area contributed by atoms with Crippen molar-refractivity contribution in [1.82, 2.24) is 15.5 Å². The predicted octanol–water partition coefficient (Wildman–Crippen LogP) is 4.06. The van der Waals surface area contributed by atoms with E-state index in [1.807, 2.05) is 88.4 Å². The van der Waals surface area contributed by atoms with Crippen LogP contribution in [-0.2, 0) is 41.4 Å². The molecule has 3 atom stereocenters. The molecule has 2 fully saturated rings. The lowest BCUT2D eigenvalue weighted by Crippen LogP contribution is -2.57. The molecule has 0 radical (unpaired) electrons. The van der Waals surface area contributed by atoms with Gasteiger partial charge in [-0.1, -0.05) is 60.7 Å². The molecule has 2 aromatic carbocycles. The summed E-state index contributed by atoms with van der Waals surface area (Å²) in [5, 5.41) is 5.91. The van der Waals surface area contributed by atoms with Gasteiger partial charge in [-0.05, 0) is 64.5 Å². The number of carbonyl (C=O) groups excluding carboxylic acids is 3. The largest absolute Gasteiger partial charge is 0.481 e. The molecule has 2 heterocycles. The third-order valence-corrected chi connectivity index (χ3v) is 8.72. The first-order valence-corrected chi connectivity index (χ1v) is 15.5. The number of hydrogen-bond acceptors (Lipinski definition) is 7. The Bertz CT molecular complexity index is 1230. The first-order chi connectivity index (χ1) is 21.0. The normalized spacial score (nSPS) is 20.2. The third kappa shape index (κ3) is 8.61. The van der Waals surface area contributed by atoms with E-state index in [9.17, 15) is 14.4 Å². The summed E-state index contributed by atoms with van der Waals surface area (Å²) >= 11 is 0. The Morgan fingerprint density at radius 3 is 2.18 bits per heavy atom. The van der Waals surface area contributed by atoms with Crippen LogP contribution < -0.4 is 10.6 Å². The highest BCUT2D eigenvalue weighted by Crippen LogP contribution is 2.38. The van der Waals surface area contributed by atoms with E-state index in [4.69, 9.17) is 18.8 Å². The van der Waals surface area contributed by atoms with E-state index in [0.717, 1.165) is 11.1 Å². The van der Waals surface area contributed by atoms with Crippen molar-refractivity contribution in [1.29, 1.82) is 0 Å². The lowest BCUT2D eigenvalue weighted by molar-refractivity contribution is -0.140. The van der Waals surface area contributed by atoms with Gasteiger partial charge in [0.15, 0.2) is 0 Å². The van der Waals surface area contributed by atoms with Gasteiger partial charge >= 0.3 is 13.2 Å². The molecule has 0 unspecified atom stereocenters. The minimum absolute atomic E-state index is 0.0804. The van der Waals surface area contributed by atoms with E-state index in [1.165, 1.54) is 0 Å². The molecule has 238 valence electrons. The van der Waals surface area contributed by atoms with Gasteiger partial charge in [-0.2, -0.15) is 0 Å². The summed E-state index contributed by atoms with van der Waals surface area (Å²) in [6, 6.07) is 17.2. The van der Waals surface area contributed by atoms with E-state index < -0.39 is 42.4 Å². The number of likely N-dealkylation sites (tertiary alicyclic amines) is 1. The molecule has 0 bridgehead atoms. The zero-order chi connectivity index (χ0) is 31.7. The topological polar surface area (TPSA) is 115 Å². The van der Waals surface area contributed by atoms with Crippen LogP contribution in [0.25, 0.3) is 0 Å². The highest BCUT2D eigenvalue weighted by Gasteiger charge is 2.54. The average Bonchev–Trinajstić information content (AvgIpc) is 3.57. The highest BCUT2D eigenvalue weighted by atomic mass is 16.7. The fraction of sp³-hybridized carbons (Fsp3) is 0.545. The molecule has 2 N–H and O–H groups in total. The second-order valence-electron chi connectivity index (χ2n) is 12.5. The molecule has 11 heteroatoms. The van der Waals surface area contributed by atoms with Crippen LogP contribution in [0.5, 0.6) is 0 Å². The molecule has 0 saturated carbocycles. The first-order valence-electron chi connectivity index (χ1n) is 15.5. The zero-order valence-electron chi connectivity index (χ0n) is 26.5. The van der Waals surface area contributed by atoms with Gasteiger partial charge in [-0.15, -0.1) is 0 Å². The molecule has 0 aliphatic carbocycles. The summed E-state index contributed by atoms with van der Waals surface area (Å²) in [6.45, 7) is 8.93. The van der Waals surface area contributed by atoms with Crippen LogP contribution in [0.15, 0.2) is 60.7 Å². The van der Waals surface area contributed by atoms with Gasteiger partial charge in [0.2, 0.25) is 11.8 Å². The molecule has 2 aliphatic heterocycles. The quantitative estimate of drug-likeness (QED) is 0.261. The van der Waals surface area contributed by atoms with Crippen molar-refractivity contribution in [2.75, 3.05) is 20.3 Å². The number of ether oxygens (including phenoxy) is 2. The molecular formula is C33H46BN3O7. The van der Waals surface area contributed by atoms with Gasteiger partial charge in [0.1, 0.15) is 18.7 Å². The van der Waals surface area contributed by atoms with E-state index in [1.54, 1.807) is 12.0 Å². The number of carbonyl (C=O) groups is 3. The summed E-state index contributed by atoms with van der Waals surface area (Å²) in [5.41, 5.74) is 0.617. The number of alkyl carbamates (subject to hydrolysis) is 1. The van der Waals surface area contributed by atoms with Gasteiger partial charge in [0, 0.05) is 26.7 Å². The summed E-state index contributed by atoms with van der Waals surface area (Å²) in [6.07, 6.45) is 2.05. The van der Waals surface area contributed by atoms with Crippen molar-refractivity contribution in [3.05, 3.63) is 71.8 Å². The molecular weight excluding hydrogens is 561 g/mol. The Morgan fingerprint density at radius 2 is 1.57 bits per heavy atom. The summed E-state index contributed by atoms with van der Waals surface area (Å²) < 4.78 is 23.2. The van der Waals surface area contributed by atoms with E-state index in [-0.39, 0.29) is 24.8 Å². The number of rotatable bonds is 13. The van der Waals surface area contributed by atoms with Crippen LogP contribution in [0.3, 0.4) is 0 Å². The Labute approximate surface area is 261 Å². The average molecular weight is 608 g/mol. The minimum Gasteiger partial charge on any atom is -0.445 e. The summed E-state index contributed by atoms with van der Waals surface area (Å²) in [5.74, 6) is -1.02. The predicted molar refractivity (Wildman–Crippen MR) is 168 cm³/mol. The van der Waals surface area contributed by atoms with Crippen LogP contribution in [-0.4, -0.2) is 79.4 Å². The Hall–Kier alpha value is -3.41. The third-order valence-electron chi connectivity index (χ3n) is 8.72. The maximum atomic E-state index is 14.0. The monoisotopic (exact) mass is 607 g/mol. The SMILES string of the molecule is COCCC[C@H](NC(=O)[C@@H]1CCCN1C(=O)[C@@H](Cc1ccccc1)NC(=O)OCc1ccccc1)B1OC(C)(C)C(C)(C)O1. The second kappa shape index (κ2) is 15.1. The Kier molecular flexibility index (Phi) is 11.5. The maximum Gasteiger partial charge on any atom is 0.481 e. The standard InChI is InChI=1S/C33H46BN3O7/c1-32(2)33(3,4)44-34(43-32)28(19-13-21-41-5)36-29(38)27-18-12-20-37(27)30(39)26(22-24-14-8-6-9-15-24)35-31(40)42-23-25-16-10-7-11-17-25/h6-11,14-17,26-28H,12-13,18-23H2,1-5H3,(H,35,40)(H,36,38)/t26-,27+,28+/m1/s1. The molecule has 0 spiro atoms. The van der Waals surface area contributed by atoms with Crippen molar-refractivity contribution in [2.45, 2.75) is 95.6 Å². The minimum atomic E-state index is -0.908. The van der Waals surface area contributed by atoms with E-state index in [2.05, 4.69) is 10.6 Å². The van der Waals surface area contributed by atoms with Gasteiger partial charge in [0.05, 0.1) is 17.1 Å².